The van der Waals surface area contributed by atoms with Gasteiger partial charge in [-0.2, -0.15) is 5.10 Å². The van der Waals surface area contributed by atoms with Gasteiger partial charge in [0.1, 0.15) is 18.3 Å². The molecule has 126 valence electrons. The normalized spacial score (nSPS) is 15.5. The summed E-state index contributed by atoms with van der Waals surface area (Å²) in [6.45, 7) is 5.95. The number of carbonyl (C=O) groups is 1. The number of amides is 1. The van der Waals surface area contributed by atoms with Crippen molar-refractivity contribution < 1.29 is 9.72 Å². The fourth-order valence-electron chi connectivity index (χ4n) is 2.78. The van der Waals surface area contributed by atoms with Gasteiger partial charge in [-0.15, -0.1) is 0 Å². The second-order valence-corrected chi connectivity index (χ2v) is 5.53. The first kappa shape index (κ1) is 16.1. The van der Waals surface area contributed by atoms with Crippen LogP contribution in [0.25, 0.3) is 5.69 Å². The van der Waals surface area contributed by atoms with E-state index in [0.717, 1.165) is 19.6 Å². The molecule has 3 rings (SSSR count). The molecule has 0 atom stereocenters. The lowest BCUT2D eigenvalue weighted by atomic mass is 10.1. The van der Waals surface area contributed by atoms with Crippen LogP contribution in [0.4, 0.5) is 5.69 Å². The van der Waals surface area contributed by atoms with Crippen molar-refractivity contribution in [1.82, 2.24) is 24.6 Å². The molecule has 2 heterocycles. The molecule has 0 spiro atoms. The number of rotatable bonds is 4. The largest absolute Gasteiger partial charge is 0.336 e. The lowest BCUT2D eigenvalue weighted by Gasteiger charge is -2.34. The maximum Gasteiger partial charge on any atom is 0.295 e. The van der Waals surface area contributed by atoms with Gasteiger partial charge in [0.15, 0.2) is 0 Å². The molecule has 1 saturated heterocycles. The fourth-order valence-corrected chi connectivity index (χ4v) is 2.78. The van der Waals surface area contributed by atoms with Crippen LogP contribution in [0.2, 0.25) is 0 Å². The third-order valence-corrected chi connectivity index (χ3v) is 4.19. The van der Waals surface area contributed by atoms with Gasteiger partial charge in [0.05, 0.1) is 4.92 Å². The van der Waals surface area contributed by atoms with Crippen molar-refractivity contribution in [2.24, 2.45) is 0 Å². The van der Waals surface area contributed by atoms with Crippen molar-refractivity contribution in [2.75, 3.05) is 32.7 Å². The first-order valence-electron chi connectivity index (χ1n) is 7.75. The number of hydrogen-bond donors (Lipinski definition) is 0. The Morgan fingerprint density at radius 3 is 2.62 bits per heavy atom. The van der Waals surface area contributed by atoms with Crippen molar-refractivity contribution in [3.8, 4) is 5.69 Å². The molecule has 1 aromatic heterocycles. The summed E-state index contributed by atoms with van der Waals surface area (Å²) in [6, 6.07) is 4.44. The number of carbonyl (C=O) groups excluding carboxylic acids is 1. The third kappa shape index (κ3) is 3.11. The summed E-state index contributed by atoms with van der Waals surface area (Å²) < 4.78 is 1.31. The van der Waals surface area contributed by atoms with Crippen LogP contribution in [0, 0.1) is 10.1 Å². The van der Waals surface area contributed by atoms with Crippen LogP contribution in [0.3, 0.4) is 0 Å². The van der Waals surface area contributed by atoms with Gasteiger partial charge in [-0.05, 0) is 18.7 Å². The minimum Gasteiger partial charge on any atom is -0.336 e. The molecule has 2 aromatic rings. The predicted molar refractivity (Wildman–Crippen MR) is 86.0 cm³/mol. The van der Waals surface area contributed by atoms with Crippen LogP contribution in [0.15, 0.2) is 30.9 Å². The van der Waals surface area contributed by atoms with Gasteiger partial charge >= 0.3 is 0 Å². The monoisotopic (exact) mass is 330 g/mol. The predicted octanol–water partition coefficient (Wildman–Crippen LogP) is 0.953. The van der Waals surface area contributed by atoms with Crippen LogP contribution in [-0.4, -0.2) is 68.1 Å². The quantitative estimate of drug-likeness (QED) is 0.611. The van der Waals surface area contributed by atoms with E-state index in [2.05, 4.69) is 21.9 Å². The smallest absolute Gasteiger partial charge is 0.295 e. The minimum absolute atomic E-state index is 0.168. The minimum atomic E-state index is -0.511. The number of likely N-dealkylation sites (N-methyl/N-ethyl adjacent to an activating group) is 1. The standard InChI is InChI=1S/C15H18N6O3/c1-2-18-5-7-19(8-6-18)15(22)12-3-4-13(14(9-12)21(23)24)20-11-16-10-17-20/h3-4,9-11H,2,5-8H2,1H3. The highest BCUT2D eigenvalue weighted by molar-refractivity contribution is 5.95. The van der Waals surface area contributed by atoms with Crippen molar-refractivity contribution in [1.29, 1.82) is 0 Å². The Morgan fingerprint density at radius 2 is 2.04 bits per heavy atom. The molecule has 1 amide bonds. The summed E-state index contributed by atoms with van der Waals surface area (Å²) in [5.41, 5.74) is 0.430. The van der Waals surface area contributed by atoms with Crippen LogP contribution in [-0.2, 0) is 0 Å². The van der Waals surface area contributed by atoms with E-state index in [1.54, 1.807) is 11.0 Å². The van der Waals surface area contributed by atoms with Gasteiger partial charge < -0.3 is 9.80 Å². The lowest BCUT2D eigenvalue weighted by molar-refractivity contribution is -0.384. The molecule has 1 aromatic carbocycles. The van der Waals surface area contributed by atoms with Crippen LogP contribution < -0.4 is 0 Å². The van der Waals surface area contributed by atoms with Crippen molar-refractivity contribution in [3.63, 3.8) is 0 Å². The van der Waals surface area contributed by atoms with Gasteiger partial charge in [0, 0.05) is 37.8 Å². The highest BCUT2D eigenvalue weighted by Gasteiger charge is 2.24. The van der Waals surface area contributed by atoms with E-state index < -0.39 is 4.92 Å². The summed E-state index contributed by atoms with van der Waals surface area (Å²) in [4.78, 5) is 31.3. The van der Waals surface area contributed by atoms with Crippen LogP contribution in [0.1, 0.15) is 17.3 Å². The van der Waals surface area contributed by atoms with Gasteiger partial charge in [-0.3, -0.25) is 14.9 Å². The fraction of sp³-hybridized carbons (Fsp3) is 0.400. The van der Waals surface area contributed by atoms with Gasteiger partial charge in [0.2, 0.25) is 0 Å². The van der Waals surface area contributed by atoms with E-state index in [0.29, 0.717) is 18.7 Å². The van der Waals surface area contributed by atoms with E-state index in [-0.39, 0.29) is 17.3 Å². The zero-order chi connectivity index (χ0) is 17.1. The molecular formula is C15H18N6O3. The first-order chi connectivity index (χ1) is 11.6. The number of hydrogen-bond acceptors (Lipinski definition) is 6. The molecule has 0 saturated carbocycles. The highest BCUT2D eigenvalue weighted by Crippen LogP contribution is 2.24. The van der Waals surface area contributed by atoms with E-state index >= 15 is 0 Å². The zero-order valence-corrected chi connectivity index (χ0v) is 13.3. The number of nitro benzene ring substituents is 1. The molecule has 24 heavy (non-hydrogen) atoms. The van der Waals surface area contributed by atoms with Crippen molar-refractivity contribution in [3.05, 3.63) is 46.5 Å². The molecule has 1 aliphatic rings. The summed E-state index contributed by atoms with van der Waals surface area (Å²) >= 11 is 0. The SMILES string of the molecule is CCN1CCN(C(=O)c2ccc(-n3cncn3)c([N+](=O)[O-])c2)CC1. The number of aromatic nitrogens is 3. The molecule has 9 heteroatoms. The van der Waals surface area contributed by atoms with Crippen LogP contribution >= 0.6 is 0 Å². The highest BCUT2D eigenvalue weighted by atomic mass is 16.6. The van der Waals surface area contributed by atoms with Gasteiger partial charge in [-0.25, -0.2) is 9.67 Å². The Balaban J connectivity index is 1.85. The number of benzene rings is 1. The summed E-state index contributed by atoms with van der Waals surface area (Å²) in [5.74, 6) is -0.181. The zero-order valence-electron chi connectivity index (χ0n) is 13.3. The second-order valence-electron chi connectivity index (χ2n) is 5.53. The molecule has 0 radical (unpaired) electrons. The average molecular weight is 330 g/mol. The molecule has 0 aliphatic carbocycles. The van der Waals surface area contributed by atoms with E-state index in [4.69, 9.17) is 0 Å². The Labute approximate surface area is 138 Å². The number of nitro groups is 1. The Hall–Kier alpha value is -2.81. The Kier molecular flexibility index (Phi) is 4.52. The average Bonchev–Trinajstić information content (AvgIpc) is 3.15. The molecule has 9 nitrogen and oxygen atoms in total. The van der Waals surface area contributed by atoms with E-state index in [9.17, 15) is 14.9 Å². The number of piperazine rings is 1. The molecule has 1 aliphatic heterocycles. The molecule has 0 unspecified atom stereocenters. The maximum absolute atomic E-state index is 12.6. The summed E-state index contributed by atoms with van der Waals surface area (Å²) in [6.07, 6.45) is 2.68. The molecule has 0 N–H and O–H groups in total. The van der Waals surface area contributed by atoms with Crippen molar-refractivity contribution >= 4 is 11.6 Å². The maximum atomic E-state index is 12.6. The van der Waals surface area contributed by atoms with Crippen LogP contribution in [0.5, 0.6) is 0 Å². The summed E-state index contributed by atoms with van der Waals surface area (Å²) in [7, 11) is 0. The lowest BCUT2D eigenvalue weighted by Crippen LogP contribution is -2.48. The van der Waals surface area contributed by atoms with Gasteiger partial charge in [-0.1, -0.05) is 6.92 Å². The summed E-state index contributed by atoms with van der Waals surface area (Å²) in [5, 5.41) is 15.3. The topological polar surface area (TPSA) is 97.4 Å². The second kappa shape index (κ2) is 6.75. The Morgan fingerprint density at radius 1 is 1.29 bits per heavy atom. The Bertz CT molecular complexity index is 738. The first-order valence-corrected chi connectivity index (χ1v) is 7.75. The van der Waals surface area contributed by atoms with E-state index in [1.807, 2.05) is 0 Å². The van der Waals surface area contributed by atoms with Gasteiger partial charge in [0.25, 0.3) is 11.6 Å². The van der Waals surface area contributed by atoms with Crippen molar-refractivity contribution in [2.45, 2.75) is 6.92 Å². The molecule has 0 bridgehead atoms. The van der Waals surface area contributed by atoms with E-state index in [1.165, 1.54) is 29.5 Å². The number of nitrogens with zero attached hydrogens (tertiary/aromatic N) is 6. The molecular weight excluding hydrogens is 312 g/mol. The molecule has 1 fully saturated rings. The third-order valence-electron chi connectivity index (χ3n) is 4.19.